The molecule has 0 saturated carbocycles. The van der Waals surface area contributed by atoms with Gasteiger partial charge in [-0.25, -0.2) is 4.79 Å². The molecule has 3 rings (SSSR count). The average Bonchev–Trinajstić information content (AvgIpc) is 3.14. The van der Waals surface area contributed by atoms with Crippen molar-refractivity contribution in [2.45, 2.75) is 12.8 Å². The van der Waals surface area contributed by atoms with Crippen molar-refractivity contribution in [1.82, 2.24) is 4.98 Å². The van der Waals surface area contributed by atoms with E-state index in [-0.39, 0.29) is 12.1 Å². The second-order valence-corrected chi connectivity index (χ2v) is 5.05. The first-order chi connectivity index (χ1) is 11.2. The summed E-state index contributed by atoms with van der Waals surface area (Å²) in [5, 5.41) is 0. The fourth-order valence-corrected chi connectivity index (χ4v) is 2.37. The second kappa shape index (κ2) is 6.36. The molecule has 0 fully saturated rings. The summed E-state index contributed by atoms with van der Waals surface area (Å²) in [7, 11) is 0. The maximum atomic E-state index is 11.9. The van der Waals surface area contributed by atoms with Crippen LogP contribution in [0.4, 0.5) is 0 Å². The van der Waals surface area contributed by atoms with Gasteiger partial charge in [0.05, 0.1) is 18.2 Å². The summed E-state index contributed by atoms with van der Waals surface area (Å²) < 4.78 is 10.0. The number of carbonyl (C=O) groups excluding carboxylic acids is 2. The van der Waals surface area contributed by atoms with Crippen LogP contribution in [-0.4, -0.2) is 16.9 Å². The predicted octanol–water partition coefficient (Wildman–Crippen LogP) is 3.72. The highest BCUT2D eigenvalue weighted by Crippen LogP contribution is 2.17. The zero-order valence-corrected chi connectivity index (χ0v) is 12.4. The Balaban J connectivity index is 1.59. The van der Waals surface area contributed by atoms with Gasteiger partial charge in [-0.1, -0.05) is 36.9 Å². The summed E-state index contributed by atoms with van der Waals surface area (Å²) in [4.78, 5) is 26.6. The SMILES string of the molecule is C=Cc1ccccc1CCC(=O)OC(=O)c1cc2occc2[nH]1. The Morgan fingerprint density at radius 3 is 2.87 bits per heavy atom. The van der Waals surface area contributed by atoms with E-state index in [1.807, 2.05) is 24.3 Å². The number of nitrogens with one attached hydrogen (secondary N) is 1. The normalized spacial score (nSPS) is 10.6. The van der Waals surface area contributed by atoms with E-state index in [9.17, 15) is 9.59 Å². The number of ether oxygens (including phenoxy) is 1. The highest BCUT2D eigenvalue weighted by molar-refractivity contribution is 5.98. The topological polar surface area (TPSA) is 72.3 Å². The third-order valence-corrected chi connectivity index (χ3v) is 3.54. The lowest BCUT2D eigenvalue weighted by molar-refractivity contribution is -0.137. The van der Waals surface area contributed by atoms with Crippen LogP contribution in [-0.2, 0) is 16.0 Å². The Bertz CT molecular complexity index is 843. The van der Waals surface area contributed by atoms with Crippen molar-refractivity contribution in [1.29, 1.82) is 0 Å². The zero-order chi connectivity index (χ0) is 16.2. The molecule has 0 amide bonds. The van der Waals surface area contributed by atoms with Gasteiger partial charge in [0.2, 0.25) is 0 Å². The first-order valence-electron chi connectivity index (χ1n) is 7.19. The predicted molar refractivity (Wildman–Crippen MR) is 85.8 cm³/mol. The van der Waals surface area contributed by atoms with Crippen LogP contribution in [0.1, 0.15) is 28.0 Å². The van der Waals surface area contributed by atoms with E-state index in [2.05, 4.69) is 11.6 Å². The van der Waals surface area contributed by atoms with Gasteiger partial charge >= 0.3 is 11.9 Å². The number of benzene rings is 1. The van der Waals surface area contributed by atoms with Crippen molar-refractivity contribution in [3.05, 3.63) is 66.1 Å². The minimum Gasteiger partial charge on any atom is -0.463 e. The van der Waals surface area contributed by atoms with Gasteiger partial charge in [-0.05, 0) is 17.5 Å². The Labute approximate surface area is 132 Å². The summed E-state index contributed by atoms with van der Waals surface area (Å²) in [6, 6.07) is 10.9. The van der Waals surface area contributed by atoms with E-state index >= 15 is 0 Å². The molecule has 2 aromatic heterocycles. The molecule has 3 aromatic rings. The number of H-pyrrole nitrogens is 1. The molecule has 0 aliphatic heterocycles. The van der Waals surface area contributed by atoms with Crippen molar-refractivity contribution in [2.24, 2.45) is 0 Å². The van der Waals surface area contributed by atoms with Gasteiger partial charge in [0.25, 0.3) is 0 Å². The van der Waals surface area contributed by atoms with E-state index in [1.165, 1.54) is 12.3 Å². The molecule has 5 heteroatoms. The first kappa shape index (κ1) is 14.8. The van der Waals surface area contributed by atoms with Gasteiger partial charge in [0.1, 0.15) is 5.69 Å². The Morgan fingerprint density at radius 2 is 2.09 bits per heavy atom. The van der Waals surface area contributed by atoms with Gasteiger partial charge < -0.3 is 14.1 Å². The Hall–Kier alpha value is -3.08. The number of fused-ring (bicyclic) bond motifs is 1. The lowest BCUT2D eigenvalue weighted by Crippen LogP contribution is -2.13. The number of carbonyl (C=O) groups is 2. The standard InChI is InChI=1S/C18H15NO4/c1-2-12-5-3-4-6-13(12)7-8-17(20)23-18(21)15-11-16-14(19-15)9-10-22-16/h2-6,9-11,19H,1,7-8H2. The third-order valence-electron chi connectivity index (χ3n) is 3.54. The van der Waals surface area contributed by atoms with Crippen LogP contribution >= 0.6 is 0 Å². The van der Waals surface area contributed by atoms with E-state index in [0.717, 1.165) is 11.1 Å². The van der Waals surface area contributed by atoms with Gasteiger partial charge in [0.15, 0.2) is 5.58 Å². The monoisotopic (exact) mass is 309 g/mol. The van der Waals surface area contributed by atoms with E-state index < -0.39 is 11.9 Å². The summed E-state index contributed by atoms with van der Waals surface area (Å²) in [6.07, 6.45) is 3.85. The van der Waals surface area contributed by atoms with Crippen molar-refractivity contribution in [3.8, 4) is 0 Å². The van der Waals surface area contributed by atoms with Crippen molar-refractivity contribution in [3.63, 3.8) is 0 Å². The number of furan rings is 1. The molecule has 0 spiro atoms. The second-order valence-electron chi connectivity index (χ2n) is 5.05. The molecule has 23 heavy (non-hydrogen) atoms. The number of hydrogen-bond acceptors (Lipinski definition) is 4. The quantitative estimate of drug-likeness (QED) is 0.576. The molecule has 5 nitrogen and oxygen atoms in total. The molecule has 0 aliphatic rings. The maximum absolute atomic E-state index is 11.9. The summed E-state index contributed by atoms with van der Waals surface area (Å²) in [5.74, 6) is -1.28. The molecule has 0 aliphatic carbocycles. The molecule has 0 saturated heterocycles. The van der Waals surface area contributed by atoms with Gasteiger partial charge in [-0.2, -0.15) is 0 Å². The lowest BCUT2D eigenvalue weighted by Gasteiger charge is -2.05. The summed E-state index contributed by atoms with van der Waals surface area (Å²) in [5.41, 5.74) is 3.38. The maximum Gasteiger partial charge on any atom is 0.362 e. The van der Waals surface area contributed by atoms with E-state index in [4.69, 9.17) is 9.15 Å². The van der Waals surface area contributed by atoms with Gasteiger partial charge in [0, 0.05) is 12.1 Å². The van der Waals surface area contributed by atoms with Crippen LogP contribution in [0.3, 0.4) is 0 Å². The number of esters is 2. The van der Waals surface area contributed by atoms with Crippen LogP contribution in [0, 0.1) is 0 Å². The van der Waals surface area contributed by atoms with E-state index in [1.54, 1.807) is 12.1 Å². The third kappa shape index (κ3) is 3.23. The number of aryl methyl sites for hydroxylation is 1. The first-order valence-corrected chi connectivity index (χ1v) is 7.19. The average molecular weight is 309 g/mol. The number of aromatic amines is 1. The summed E-state index contributed by atoms with van der Waals surface area (Å²) in [6.45, 7) is 3.74. The molecular weight excluding hydrogens is 294 g/mol. The lowest BCUT2D eigenvalue weighted by atomic mass is 10.0. The fourth-order valence-electron chi connectivity index (χ4n) is 2.37. The molecule has 116 valence electrons. The fraction of sp³-hybridized carbons (Fsp3) is 0.111. The Morgan fingerprint density at radius 1 is 1.26 bits per heavy atom. The number of rotatable bonds is 5. The highest BCUT2D eigenvalue weighted by atomic mass is 16.6. The van der Waals surface area contributed by atoms with Crippen LogP contribution < -0.4 is 0 Å². The van der Waals surface area contributed by atoms with Crippen molar-refractivity contribution < 1.29 is 18.7 Å². The zero-order valence-electron chi connectivity index (χ0n) is 12.4. The molecule has 0 unspecified atom stereocenters. The molecule has 1 aromatic carbocycles. The van der Waals surface area contributed by atoms with Gasteiger partial charge in [-0.3, -0.25) is 4.79 Å². The highest BCUT2D eigenvalue weighted by Gasteiger charge is 2.16. The molecule has 2 heterocycles. The van der Waals surface area contributed by atoms with Crippen molar-refractivity contribution in [2.75, 3.05) is 0 Å². The molecule has 0 atom stereocenters. The van der Waals surface area contributed by atoms with Gasteiger partial charge in [-0.15, -0.1) is 0 Å². The van der Waals surface area contributed by atoms with E-state index in [0.29, 0.717) is 17.5 Å². The largest absolute Gasteiger partial charge is 0.463 e. The molecule has 0 radical (unpaired) electrons. The number of aromatic nitrogens is 1. The summed E-state index contributed by atoms with van der Waals surface area (Å²) >= 11 is 0. The van der Waals surface area contributed by atoms with Crippen LogP contribution in [0.2, 0.25) is 0 Å². The minimum absolute atomic E-state index is 0.118. The molecular formula is C18H15NO4. The Kier molecular flexibility index (Phi) is 4.10. The molecule has 0 bridgehead atoms. The minimum atomic E-state index is -0.710. The van der Waals surface area contributed by atoms with Crippen LogP contribution in [0.15, 0.2) is 53.7 Å². The van der Waals surface area contributed by atoms with Crippen molar-refractivity contribution >= 4 is 29.1 Å². The number of hydrogen-bond donors (Lipinski definition) is 1. The molecule has 1 N–H and O–H groups in total. The smallest absolute Gasteiger partial charge is 0.362 e. The van der Waals surface area contributed by atoms with Crippen LogP contribution in [0.5, 0.6) is 0 Å². The van der Waals surface area contributed by atoms with Crippen LogP contribution in [0.25, 0.3) is 17.2 Å².